The molecule has 0 aliphatic carbocycles. The lowest BCUT2D eigenvalue weighted by molar-refractivity contribution is -0.123. The second-order valence-electron chi connectivity index (χ2n) is 4.28. The molecular weight excluding hydrogens is 289 g/mol. The molecule has 0 unspecified atom stereocenters. The highest BCUT2D eigenvalue weighted by Gasteiger charge is 2.19. The largest absolute Gasteiger partial charge is 0.351 e. The first kappa shape index (κ1) is 18.0. The molecule has 1 aliphatic rings. The molecule has 0 bridgehead atoms. The van der Waals surface area contributed by atoms with E-state index in [0.717, 1.165) is 31.4 Å². The lowest BCUT2D eigenvalue weighted by atomic mass is 10.0. The van der Waals surface area contributed by atoms with Crippen molar-refractivity contribution >= 4 is 30.7 Å². The molecule has 1 aliphatic heterocycles. The molecule has 5 nitrogen and oxygen atoms in total. The number of nitrogens with one attached hydrogen (secondary N) is 3. The maximum Gasteiger partial charge on any atom is 0.247 e. The third kappa shape index (κ3) is 5.63. The first-order valence-electron chi connectivity index (χ1n) is 5.94. The molecule has 0 saturated carbocycles. The van der Waals surface area contributed by atoms with Crippen molar-refractivity contribution < 1.29 is 4.79 Å². The first-order valence-corrected chi connectivity index (χ1v) is 5.94. The predicted octanol–water partition coefficient (Wildman–Crippen LogP) is 0.977. The number of carbonyl (C=O) groups is 1. The van der Waals surface area contributed by atoms with Gasteiger partial charge in [0.1, 0.15) is 0 Å². The van der Waals surface area contributed by atoms with Crippen LogP contribution in [0.1, 0.15) is 24.8 Å². The Bertz CT molecular complexity index is 424. The summed E-state index contributed by atoms with van der Waals surface area (Å²) < 4.78 is 0. The fourth-order valence-electron chi connectivity index (χ4n) is 1.94. The number of pyridine rings is 1. The zero-order valence-electron chi connectivity index (χ0n) is 10.5. The first-order chi connectivity index (χ1) is 8.25. The molecule has 19 heavy (non-hydrogen) atoms. The number of hydrogen-bond donors (Lipinski definition) is 3. The van der Waals surface area contributed by atoms with E-state index in [2.05, 4.69) is 15.6 Å². The summed E-state index contributed by atoms with van der Waals surface area (Å²) in [5.41, 5.74) is 0.766. The van der Waals surface area contributed by atoms with E-state index in [-0.39, 0.29) is 42.3 Å². The van der Waals surface area contributed by atoms with Gasteiger partial charge in [-0.15, -0.1) is 24.8 Å². The monoisotopic (exact) mass is 307 g/mol. The van der Waals surface area contributed by atoms with Gasteiger partial charge >= 0.3 is 0 Å². The minimum atomic E-state index is -0.131. The number of H-pyrrole nitrogens is 1. The summed E-state index contributed by atoms with van der Waals surface area (Å²) in [6.45, 7) is 1.37. The van der Waals surface area contributed by atoms with Gasteiger partial charge in [-0.05, 0) is 24.9 Å². The Balaban J connectivity index is 0.00000162. The normalized spacial score (nSPS) is 17.8. The van der Waals surface area contributed by atoms with E-state index in [1.165, 1.54) is 6.07 Å². The van der Waals surface area contributed by atoms with Crippen LogP contribution in [0.2, 0.25) is 0 Å². The number of hydrogen-bond acceptors (Lipinski definition) is 3. The zero-order valence-corrected chi connectivity index (χ0v) is 12.1. The summed E-state index contributed by atoms with van der Waals surface area (Å²) in [6.07, 6.45) is 4.77. The van der Waals surface area contributed by atoms with Crippen molar-refractivity contribution in [3.05, 3.63) is 34.2 Å². The van der Waals surface area contributed by atoms with Crippen LogP contribution in [0.15, 0.2) is 23.1 Å². The molecule has 2 rings (SSSR count). The summed E-state index contributed by atoms with van der Waals surface area (Å²) in [5, 5.41) is 6.06. The Morgan fingerprint density at radius 2 is 2.11 bits per heavy atom. The number of rotatable bonds is 3. The number of aromatic amines is 1. The third-order valence-corrected chi connectivity index (χ3v) is 2.94. The lowest BCUT2D eigenvalue weighted by Crippen LogP contribution is -2.46. The van der Waals surface area contributed by atoms with Gasteiger partial charge in [-0.3, -0.25) is 9.59 Å². The summed E-state index contributed by atoms with van der Waals surface area (Å²) in [7, 11) is 0. The van der Waals surface area contributed by atoms with Crippen molar-refractivity contribution in [2.24, 2.45) is 0 Å². The maximum absolute atomic E-state index is 11.8. The van der Waals surface area contributed by atoms with Crippen molar-refractivity contribution in [3.63, 3.8) is 0 Å². The summed E-state index contributed by atoms with van der Waals surface area (Å²) >= 11 is 0. The minimum absolute atomic E-state index is 0. The standard InChI is InChI=1S/C12H17N3O2.2ClH/c16-11-5-4-9(7-14-11)8-15-12(17)10-3-1-2-6-13-10;;/h4-5,7,10,13H,1-3,6,8H2,(H,14,16)(H,15,17);2*1H/t10-;;/m1../s1. The van der Waals surface area contributed by atoms with Crippen LogP contribution in [-0.2, 0) is 11.3 Å². The molecule has 2 heterocycles. The molecule has 1 amide bonds. The van der Waals surface area contributed by atoms with Crippen LogP contribution in [-0.4, -0.2) is 23.5 Å². The Labute approximate surface area is 124 Å². The number of piperidine rings is 1. The highest BCUT2D eigenvalue weighted by molar-refractivity contribution is 5.85. The average Bonchev–Trinajstić information content (AvgIpc) is 2.39. The molecular formula is C12H19Cl2N3O2. The zero-order chi connectivity index (χ0) is 12.1. The van der Waals surface area contributed by atoms with E-state index >= 15 is 0 Å². The van der Waals surface area contributed by atoms with Gasteiger partial charge in [-0.25, -0.2) is 0 Å². The third-order valence-electron chi connectivity index (χ3n) is 2.94. The maximum atomic E-state index is 11.8. The fraction of sp³-hybridized carbons (Fsp3) is 0.500. The highest BCUT2D eigenvalue weighted by Crippen LogP contribution is 2.06. The van der Waals surface area contributed by atoms with Crippen molar-refractivity contribution in [1.82, 2.24) is 15.6 Å². The Morgan fingerprint density at radius 1 is 1.32 bits per heavy atom. The van der Waals surface area contributed by atoms with Gasteiger partial charge in [0.2, 0.25) is 11.5 Å². The molecule has 1 saturated heterocycles. The Kier molecular flexibility index (Phi) is 8.47. The van der Waals surface area contributed by atoms with Crippen LogP contribution >= 0.6 is 24.8 Å². The molecule has 1 fully saturated rings. The van der Waals surface area contributed by atoms with Gasteiger partial charge < -0.3 is 15.6 Å². The molecule has 7 heteroatoms. The Hall–Kier alpha value is -1.04. The van der Waals surface area contributed by atoms with Crippen LogP contribution in [0, 0.1) is 0 Å². The molecule has 1 atom stereocenters. The van der Waals surface area contributed by atoms with E-state index < -0.39 is 0 Å². The van der Waals surface area contributed by atoms with Crippen LogP contribution in [0.5, 0.6) is 0 Å². The van der Waals surface area contributed by atoms with Crippen molar-refractivity contribution in [1.29, 1.82) is 0 Å². The average molecular weight is 308 g/mol. The van der Waals surface area contributed by atoms with Gasteiger partial charge in [-0.2, -0.15) is 0 Å². The van der Waals surface area contributed by atoms with Crippen LogP contribution in [0.3, 0.4) is 0 Å². The number of carbonyl (C=O) groups excluding carboxylic acids is 1. The van der Waals surface area contributed by atoms with Crippen LogP contribution in [0.25, 0.3) is 0 Å². The van der Waals surface area contributed by atoms with E-state index in [0.29, 0.717) is 6.54 Å². The number of halogens is 2. The van der Waals surface area contributed by atoms with Gasteiger partial charge in [0.05, 0.1) is 6.04 Å². The second-order valence-corrected chi connectivity index (χ2v) is 4.28. The van der Waals surface area contributed by atoms with E-state index in [9.17, 15) is 9.59 Å². The van der Waals surface area contributed by atoms with Crippen molar-refractivity contribution in [3.8, 4) is 0 Å². The number of aromatic nitrogens is 1. The minimum Gasteiger partial charge on any atom is -0.351 e. The summed E-state index contributed by atoms with van der Waals surface area (Å²) in [5.74, 6) is 0.0379. The van der Waals surface area contributed by atoms with Gasteiger partial charge in [0.15, 0.2) is 0 Å². The molecule has 3 N–H and O–H groups in total. The van der Waals surface area contributed by atoms with Crippen molar-refractivity contribution in [2.45, 2.75) is 31.8 Å². The fourth-order valence-corrected chi connectivity index (χ4v) is 1.94. The lowest BCUT2D eigenvalue weighted by Gasteiger charge is -2.22. The van der Waals surface area contributed by atoms with E-state index in [1.54, 1.807) is 12.3 Å². The van der Waals surface area contributed by atoms with E-state index in [1.807, 2.05) is 0 Å². The van der Waals surface area contributed by atoms with Gasteiger partial charge in [0.25, 0.3) is 0 Å². The smallest absolute Gasteiger partial charge is 0.247 e. The van der Waals surface area contributed by atoms with E-state index in [4.69, 9.17) is 0 Å². The predicted molar refractivity (Wildman–Crippen MR) is 79.0 cm³/mol. The number of amides is 1. The molecule has 0 aromatic carbocycles. The van der Waals surface area contributed by atoms with Gasteiger partial charge in [0, 0.05) is 18.8 Å². The van der Waals surface area contributed by atoms with Crippen LogP contribution in [0.4, 0.5) is 0 Å². The van der Waals surface area contributed by atoms with Crippen molar-refractivity contribution in [2.75, 3.05) is 6.54 Å². The highest BCUT2D eigenvalue weighted by atomic mass is 35.5. The summed E-state index contributed by atoms with van der Waals surface area (Å²) in [6, 6.07) is 3.11. The quantitative estimate of drug-likeness (QED) is 0.779. The Morgan fingerprint density at radius 3 is 2.68 bits per heavy atom. The summed E-state index contributed by atoms with van der Waals surface area (Å²) in [4.78, 5) is 25.2. The molecule has 0 spiro atoms. The topological polar surface area (TPSA) is 74.0 Å². The molecule has 1 aromatic rings. The van der Waals surface area contributed by atoms with Gasteiger partial charge in [-0.1, -0.05) is 12.5 Å². The van der Waals surface area contributed by atoms with Crippen LogP contribution < -0.4 is 16.2 Å². The molecule has 1 aromatic heterocycles. The molecule has 108 valence electrons. The molecule has 0 radical (unpaired) electrons. The second kappa shape index (κ2) is 8.96. The SMILES string of the molecule is Cl.Cl.O=C(NCc1ccc(=O)[nH]c1)[C@H]1CCCCN1.